The number of aromatic nitrogens is 1. The fourth-order valence-corrected chi connectivity index (χ4v) is 2.18. The predicted molar refractivity (Wildman–Crippen MR) is 46.6 cm³/mol. The number of carbonyl (C=O) groups is 1. The summed E-state index contributed by atoms with van der Waals surface area (Å²) in [6.07, 6.45) is 2.17. The molecule has 11 heavy (non-hydrogen) atoms. The maximum Gasteiger partial charge on any atom is 0.218 e. The van der Waals surface area contributed by atoms with Gasteiger partial charge in [-0.25, -0.2) is 4.98 Å². The van der Waals surface area contributed by atoms with Crippen LogP contribution in [0.1, 0.15) is 6.42 Å². The lowest BCUT2D eigenvalue weighted by Gasteiger charge is -1.92. The van der Waals surface area contributed by atoms with E-state index in [0.29, 0.717) is 6.42 Å². The average Bonchev–Trinajstić information content (AvgIpc) is 2.39. The van der Waals surface area contributed by atoms with Crippen LogP contribution in [0.5, 0.6) is 0 Å². The molecule has 5 heteroatoms. The smallest absolute Gasteiger partial charge is 0.218 e. The molecule has 0 saturated heterocycles. The first kappa shape index (κ1) is 8.55. The van der Waals surface area contributed by atoms with Crippen molar-refractivity contribution in [3.63, 3.8) is 0 Å². The molecular formula is C6H8N2OS2. The van der Waals surface area contributed by atoms with Crippen molar-refractivity contribution < 1.29 is 4.79 Å². The molecule has 3 nitrogen and oxygen atoms in total. The Hall–Kier alpha value is -0.550. The van der Waals surface area contributed by atoms with Gasteiger partial charge in [-0.2, -0.15) is 0 Å². The Morgan fingerprint density at radius 1 is 1.82 bits per heavy atom. The van der Waals surface area contributed by atoms with Crippen molar-refractivity contribution in [1.29, 1.82) is 0 Å². The number of primary amides is 1. The summed E-state index contributed by atoms with van der Waals surface area (Å²) in [7, 11) is 0. The maximum atomic E-state index is 10.3. The zero-order valence-corrected chi connectivity index (χ0v) is 7.45. The molecule has 0 fully saturated rings. The van der Waals surface area contributed by atoms with Crippen molar-refractivity contribution in [1.82, 2.24) is 4.98 Å². The minimum absolute atomic E-state index is 0.256. The number of hydrogen-bond acceptors (Lipinski definition) is 4. The molecule has 0 aromatic carbocycles. The fourth-order valence-electron chi connectivity index (χ4n) is 0.521. The van der Waals surface area contributed by atoms with E-state index < -0.39 is 0 Å². The van der Waals surface area contributed by atoms with Crippen LogP contribution < -0.4 is 5.73 Å². The molecule has 1 rings (SSSR count). The van der Waals surface area contributed by atoms with Crippen molar-refractivity contribution in [3.05, 3.63) is 11.6 Å². The maximum absolute atomic E-state index is 10.3. The second-order valence-electron chi connectivity index (χ2n) is 1.86. The van der Waals surface area contributed by atoms with E-state index >= 15 is 0 Å². The second kappa shape index (κ2) is 4.35. The number of carbonyl (C=O) groups excluding carboxylic acids is 1. The van der Waals surface area contributed by atoms with Crippen LogP contribution in [-0.4, -0.2) is 16.6 Å². The first-order valence-electron chi connectivity index (χ1n) is 3.09. The van der Waals surface area contributed by atoms with E-state index in [4.69, 9.17) is 5.73 Å². The number of nitrogens with two attached hydrogens (primary N) is 1. The van der Waals surface area contributed by atoms with E-state index in [1.807, 2.05) is 5.38 Å². The summed E-state index contributed by atoms with van der Waals surface area (Å²) in [5.41, 5.74) is 4.96. The zero-order valence-electron chi connectivity index (χ0n) is 5.82. The normalized spacial score (nSPS) is 9.82. The molecule has 0 spiro atoms. The highest BCUT2D eigenvalue weighted by Gasteiger charge is 1.97. The van der Waals surface area contributed by atoms with Gasteiger partial charge in [0.15, 0.2) is 0 Å². The molecule has 60 valence electrons. The van der Waals surface area contributed by atoms with Gasteiger partial charge >= 0.3 is 0 Å². The molecule has 1 amide bonds. The van der Waals surface area contributed by atoms with E-state index in [2.05, 4.69) is 4.98 Å². The highest BCUT2D eigenvalue weighted by molar-refractivity contribution is 8.01. The molecule has 0 radical (unpaired) electrons. The van der Waals surface area contributed by atoms with E-state index in [1.165, 1.54) is 0 Å². The Bertz CT molecular complexity index is 222. The van der Waals surface area contributed by atoms with Gasteiger partial charge in [0, 0.05) is 23.8 Å². The van der Waals surface area contributed by atoms with Crippen LogP contribution >= 0.6 is 23.1 Å². The molecule has 0 saturated carbocycles. The standard InChI is InChI=1S/C6H8N2OS2/c7-5(9)1-3-10-6-8-2-4-11-6/h2,4H,1,3H2,(H2,7,9). The lowest BCUT2D eigenvalue weighted by molar-refractivity contribution is -0.117. The van der Waals surface area contributed by atoms with Gasteiger partial charge in [-0.05, 0) is 0 Å². The predicted octanol–water partition coefficient (Wildman–Crippen LogP) is 1.11. The molecular weight excluding hydrogens is 180 g/mol. The number of amides is 1. The number of hydrogen-bond donors (Lipinski definition) is 1. The Morgan fingerprint density at radius 3 is 3.18 bits per heavy atom. The summed E-state index contributed by atoms with van der Waals surface area (Å²) in [5.74, 6) is 0.470. The lowest BCUT2D eigenvalue weighted by Crippen LogP contribution is -2.10. The quantitative estimate of drug-likeness (QED) is 0.720. The first-order valence-corrected chi connectivity index (χ1v) is 4.96. The molecule has 1 aromatic heterocycles. The summed E-state index contributed by atoms with van der Waals surface area (Å²) in [6.45, 7) is 0. The summed E-state index contributed by atoms with van der Waals surface area (Å²) in [6, 6.07) is 0. The van der Waals surface area contributed by atoms with E-state index in [9.17, 15) is 4.79 Å². The van der Waals surface area contributed by atoms with Crippen LogP contribution in [0.2, 0.25) is 0 Å². The molecule has 0 aliphatic rings. The molecule has 0 bridgehead atoms. The number of thioether (sulfide) groups is 1. The van der Waals surface area contributed by atoms with Crippen LogP contribution in [0.4, 0.5) is 0 Å². The van der Waals surface area contributed by atoms with Crippen LogP contribution in [0, 0.1) is 0 Å². The van der Waals surface area contributed by atoms with Crippen molar-refractivity contribution in [2.24, 2.45) is 5.73 Å². The van der Waals surface area contributed by atoms with Gasteiger partial charge in [0.1, 0.15) is 4.34 Å². The minimum Gasteiger partial charge on any atom is -0.370 e. The topological polar surface area (TPSA) is 56.0 Å². The summed E-state index contributed by atoms with van der Waals surface area (Å²) in [5, 5.41) is 1.91. The van der Waals surface area contributed by atoms with Gasteiger partial charge in [0.05, 0.1) is 0 Å². The lowest BCUT2D eigenvalue weighted by atomic mass is 10.5. The first-order chi connectivity index (χ1) is 5.29. The Kier molecular flexibility index (Phi) is 3.38. The summed E-state index contributed by atoms with van der Waals surface area (Å²) < 4.78 is 0.992. The molecule has 0 aliphatic heterocycles. The second-order valence-corrected chi connectivity index (χ2v) is 4.10. The third kappa shape index (κ3) is 3.38. The Balaban J connectivity index is 2.19. The molecule has 1 aromatic rings. The molecule has 0 atom stereocenters. The van der Waals surface area contributed by atoms with Crippen LogP contribution in [0.15, 0.2) is 15.9 Å². The van der Waals surface area contributed by atoms with Crippen molar-refractivity contribution in [2.75, 3.05) is 5.75 Å². The molecule has 1 heterocycles. The zero-order chi connectivity index (χ0) is 8.10. The number of thiazole rings is 1. The Morgan fingerprint density at radius 2 is 2.64 bits per heavy atom. The molecule has 2 N–H and O–H groups in total. The van der Waals surface area contributed by atoms with Gasteiger partial charge in [0.25, 0.3) is 0 Å². The van der Waals surface area contributed by atoms with E-state index in [1.54, 1.807) is 29.3 Å². The SMILES string of the molecule is NC(=O)CCSc1nccs1. The molecule has 0 aliphatic carbocycles. The Labute approximate surface area is 73.0 Å². The van der Waals surface area contributed by atoms with Gasteiger partial charge in [0.2, 0.25) is 5.91 Å². The van der Waals surface area contributed by atoms with Gasteiger partial charge < -0.3 is 5.73 Å². The largest absolute Gasteiger partial charge is 0.370 e. The van der Waals surface area contributed by atoms with Crippen LogP contribution in [0.3, 0.4) is 0 Å². The van der Waals surface area contributed by atoms with E-state index in [-0.39, 0.29) is 5.91 Å². The summed E-state index contributed by atoms with van der Waals surface area (Å²) in [4.78, 5) is 14.4. The molecule has 0 unspecified atom stereocenters. The van der Waals surface area contributed by atoms with Gasteiger partial charge in [-0.15, -0.1) is 11.3 Å². The van der Waals surface area contributed by atoms with Crippen LogP contribution in [0.25, 0.3) is 0 Å². The number of nitrogens with zero attached hydrogens (tertiary/aromatic N) is 1. The average molecular weight is 188 g/mol. The fraction of sp³-hybridized carbons (Fsp3) is 0.333. The summed E-state index contributed by atoms with van der Waals surface area (Å²) >= 11 is 3.14. The highest BCUT2D eigenvalue weighted by atomic mass is 32.2. The van der Waals surface area contributed by atoms with Gasteiger partial charge in [-0.1, -0.05) is 11.8 Å². The van der Waals surface area contributed by atoms with Crippen molar-refractivity contribution in [2.45, 2.75) is 10.8 Å². The monoisotopic (exact) mass is 188 g/mol. The van der Waals surface area contributed by atoms with Crippen LogP contribution in [-0.2, 0) is 4.79 Å². The highest BCUT2D eigenvalue weighted by Crippen LogP contribution is 2.20. The van der Waals surface area contributed by atoms with E-state index in [0.717, 1.165) is 10.1 Å². The van der Waals surface area contributed by atoms with Gasteiger partial charge in [-0.3, -0.25) is 4.79 Å². The van der Waals surface area contributed by atoms with Crippen molar-refractivity contribution in [3.8, 4) is 0 Å². The van der Waals surface area contributed by atoms with Crippen molar-refractivity contribution >= 4 is 29.0 Å². The third-order valence-corrected chi connectivity index (χ3v) is 2.95. The number of rotatable bonds is 4. The third-order valence-electron chi connectivity index (χ3n) is 0.984. The minimum atomic E-state index is -0.256.